The zero-order valence-corrected chi connectivity index (χ0v) is 27.2. The second-order valence-electron chi connectivity index (χ2n) is 12.8. The number of nitrogens with zero attached hydrogens (tertiary/aromatic N) is 3. The fourth-order valence-corrected chi connectivity index (χ4v) is 6.54. The Labute approximate surface area is 247 Å². The number of carbonyl (C=O) groups is 1. The lowest BCUT2D eigenvalue weighted by atomic mass is 9.82. The van der Waals surface area contributed by atoms with Gasteiger partial charge in [0.15, 0.2) is 0 Å². The fourth-order valence-electron chi connectivity index (χ4n) is 5.20. The number of rotatable bonds is 5. The van der Waals surface area contributed by atoms with E-state index in [1.54, 1.807) is 13.0 Å². The summed E-state index contributed by atoms with van der Waals surface area (Å²) < 4.78 is 30.1. The van der Waals surface area contributed by atoms with Gasteiger partial charge in [0.25, 0.3) is 10.0 Å². The van der Waals surface area contributed by atoms with Crippen LogP contribution >= 0.6 is 11.6 Å². The van der Waals surface area contributed by atoms with Gasteiger partial charge < -0.3 is 4.98 Å². The molecule has 0 unspecified atom stereocenters. The van der Waals surface area contributed by atoms with Crippen molar-refractivity contribution < 1.29 is 13.2 Å². The van der Waals surface area contributed by atoms with Gasteiger partial charge in [0, 0.05) is 21.8 Å². The molecule has 0 amide bonds. The Morgan fingerprint density at radius 3 is 2.07 bits per heavy atom. The number of hydrogen-bond acceptors (Lipinski definition) is 6. The lowest BCUT2D eigenvalue weighted by Crippen LogP contribution is -2.24. The molecule has 41 heavy (non-hydrogen) atoms. The third-order valence-corrected chi connectivity index (χ3v) is 9.08. The first-order valence-corrected chi connectivity index (χ1v) is 15.3. The molecule has 8 nitrogen and oxygen atoms in total. The van der Waals surface area contributed by atoms with Crippen LogP contribution in [0.25, 0.3) is 11.0 Å². The van der Waals surface area contributed by atoms with E-state index in [-0.39, 0.29) is 27.4 Å². The summed E-state index contributed by atoms with van der Waals surface area (Å²) in [6.07, 6.45) is 0. The Kier molecular flexibility index (Phi) is 7.63. The molecule has 0 spiro atoms. The number of ketones is 1. The number of hydrogen-bond donors (Lipinski definition) is 2. The van der Waals surface area contributed by atoms with Crippen LogP contribution in [0.1, 0.15) is 97.2 Å². The van der Waals surface area contributed by atoms with Crippen molar-refractivity contribution in [3.63, 3.8) is 0 Å². The second-order valence-corrected chi connectivity index (χ2v) is 14.9. The van der Waals surface area contributed by atoms with Gasteiger partial charge in [0.1, 0.15) is 22.9 Å². The number of pyridine rings is 1. The highest BCUT2D eigenvalue weighted by molar-refractivity contribution is 7.92. The maximum atomic E-state index is 14.5. The van der Waals surface area contributed by atoms with Gasteiger partial charge in [0.2, 0.25) is 5.78 Å². The molecular weight excluding hydrogens is 558 g/mol. The minimum atomic E-state index is -4.11. The number of carbonyl (C=O) groups excluding carboxylic acids is 1. The van der Waals surface area contributed by atoms with Gasteiger partial charge >= 0.3 is 0 Å². The molecule has 1 aromatic carbocycles. The van der Waals surface area contributed by atoms with Crippen LogP contribution in [0.5, 0.6) is 0 Å². The van der Waals surface area contributed by atoms with Crippen LogP contribution in [0.2, 0.25) is 5.02 Å². The molecule has 0 atom stereocenters. The summed E-state index contributed by atoms with van der Waals surface area (Å²) in [5.74, 6) is 0.00905. The van der Waals surface area contributed by atoms with Crippen LogP contribution in [0.4, 0.5) is 5.69 Å². The molecule has 0 saturated carbocycles. The first kappa shape index (κ1) is 30.7. The number of anilines is 1. The summed E-state index contributed by atoms with van der Waals surface area (Å²) in [5.41, 5.74) is 4.52. The molecule has 0 saturated heterocycles. The van der Waals surface area contributed by atoms with Crippen molar-refractivity contribution in [1.29, 1.82) is 0 Å². The molecule has 0 radical (unpaired) electrons. The molecule has 4 rings (SSSR count). The Morgan fingerprint density at radius 2 is 1.51 bits per heavy atom. The quantitative estimate of drug-likeness (QED) is 0.236. The molecule has 0 fully saturated rings. The maximum Gasteiger partial charge on any atom is 0.261 e. The highest BCUT2D eigenvalue weighted by Gasteiger charge is 2.32. The van der Waals surface area contributed by atoms with E-state index in [2.05, 4.69) is 9.71 Å². The molecule has 3 heterocycles. The van der Waals surface area contributed by atoms with Gasteiger partial charge in [-0.1, -0.05) is 53.1 Å². The van der Waals surface area contributed by atoms with Crippen molar-refractivity contribution in [2.24, 2.45) is 0 Å². The SMILES string of the molecule is Cc1cc(S(=O)(=O)Nc2c(C(=O)c3nc(C(C)(C)C)nc4[nH]c(C)c(C)c34)nc(C)c(C(C)(C)C)c2C)ccc1Cl. The molecule has 0 aliphatic carbocycles. The smallest absolute Gasteiger partial charge is 0.261 e. The van der Waals surface area contributed by atoms with E-state index in [0.717, 1.165) is 16.8 Å². The molecule has 3 aromatic heterocycles. The van der Waals surface area contributed by atoms with E-state index in [0.29, 0.717) is 38.7 Å². The van der Waals surface area contributed by atoms with Crippen LogP contribution in [-0.4, -0.2) is 34.1 Å². The highest BCUT2D eigenvalue weighted by Crippen LogP contribution is 2.37. The monoisotopic (exact) mass is 595 g/mol. The Bertz CT molecular complexity index is 1830. The van der Waals surface area contributed by atoms with Gasteiger partial charge in [-0.2, -0.15) is 0 Å². The first-order valence-electron chi connectivity index (χ1n) is 13.5. The number of halogens is 1. The predicted molar refractivity (Wildman–Crippen MR) is 165 cm³/mol. The summed E-state index contributed by atoms with van der Waals surface area (Å²) in [7, 11) is -4.11. The number of H-pyrrole nitrogens is 1. The Morgan fingerprint density at radius 1 is 0.878 bits per heavy atom. The van der Waals surface area contributed by atoms with Crippen molar-refractivity contribution >= 4 is 44.1 Å². The van der Waals surface area contributed by atoms with Gasteiger partial charge in [0.05, 0.1) is 16.0 Å². The van der Waals surface area contributed by atoms with Crippen molar-refractivity contribution in [3.05, 3.63) is 74.1 Å². The normalized spacial score (nSPS) is 12.7. The standard InChI is InChI=1S/C31H38ClN5O3S/c1-15-14-20(12-13-21(15)32)41(39,40)37-24-17(3)23(30(6,7)8)19(5)33-26(24)27(38)25-22-16(2)18(4)34-28(22)36-29(35-25)31(9,10)11/h12-14,37H,1-11H3,(H,34,35,36). The average molecular weight is 596 g/mol. The van der Waals surface area contributed by atoms with E-state index in [1.165, 1.54) is 12.1 Å². The molecule has 2 N–H and O–H groups in total. The van der Waals surface area contributed by atoms with Crippen molar-refractivity contribution in [3.8, 4) is 0 Å². The van der Waals surface area contributed by atoms with Crippen molar-refractivity contribution in [1.82, 2.24) is 19.9 Å². The van der Waals surface area contributed by atoms with Crippen molar-refractivity contribution in [2.75, 3.05) is 4.72 Å². The number of aromatic amines is 1. The Hall–Kier alpha value is -3.30. The third kappa shape index (κ3) is 5.62. The zero-order chi connectivity index (χ0) is 30.8. The van der Waals surface area contributed by atoms with Gasteiger partial charge in [-0.3, -0.25) is 9.52 Å². The Balaban J connectivity index is 2.03. The molecule has 10 heteroatoms. The van der Waals surface area contributed by atoms with Gasteiger partial charge in [-0.05, 0) is 80.5 Å². The minimum Gasteiger partial charge on any atom is -0.343 e. The molecule has 0 aliphatic heterocycles. The summed E-state index contributed by atoms with van der Waals surface area (Å²) >= 11 is 6.16. The zero-order valence-electron chi connectivity index (χ0n) is 25.6. The lowest BCUT2D eigenvalue weighted by molar-refractivity contribution is 0.103. The second kappa shape index (κ2) is 10.2. The van der Waals surface area contributed by atoms with Crippen LogP contribution in [0.15, 0.2) is 23.1 Å². The lowest BCUT2D eigenvalue weighted by Gasteiger charge is -2.27. The largest absolute Gasteiger partial charge is 0.343 e. The summed E-state index contributed by atoms with van der Waals surface area (Å²) in [6, 6.07) is 4.49. The van der Waals surface area contributed by atoms with E-state index < -0.39 is 21.2 Å². The number of aromatic nitrogens is 4. The van der Waals surface area contributed by atoms with Crippen LogP contribution < -0.4 is 4.72 Å². The van der Waals surface area contributed by atoms with E-state index in [1.807, 2.05) is 69.2 Å². The molecular formula is C31H38ClN5O3S. The molecule has 218 valence electrons. The molecule has 4 aromatic rings. The summed E-state index contributed by atoms with van der Waals surface area (Å²) in [4.78, 5) is 32.0. The van der Waals surface area contributed by atoms with E-state index >= 15 is 0 Å². The topological polar surface area (TPSA) is 118 Å². The van der Waals surface area contributed by atoms with Gasteiger partial charge in [-0.25, -0.2) is 23.4 Å². The molecule has 0 aliphatic rings. The number of sulfonamides is 1. The fraction of sp³-hybridized carbons (Fsp3) is 0.419. The van der Waals surface area contributed by atoms with Crippen LogP contribution in [0, 0.1) is 34.6 Å². The number of benzene rings is 1. The first-order chi connectivity index (χ1) is 18.7. The maximum absolute atomic E-state index is 14.5. The van der Waals surface area contributed by atoms with E-state index in [9.17, 15) is 13.2 Å². The minimum absolute atomic E-state index is 0.0135. The molecule has 0 bridgehead atoms. The number of nitrogens with one attached hydrogen (secondary N) is 2. The van der Waals surface area contributed by atoms with E-state index in [4.69, 9.17) is 26.6 Å². The predicted octanol–water partition coefficient (Wildman–Crippen LogP) is 7.18. The third-order valence-electron chi connectivity index (χ3n) is 7.31. The average Bonchev–Trinajstić information content (AvgIpc) is 3.13. The summed E-state index contributed by atoms with van der Waals surface area (Å²) in [6.45, 7) is 21.2. The van der Waals surface area contributed by atoms with Crippen molar-refractivity contribution in [2.45, 2.75) is 91.9 Å². The number of fused-ring (bicyclic) bond motifs is 1. The number of aryl methyl sites for hydroxylation is 4. The highest BCUT2D eigenvalue weighted by atomic mass is 35.5. The van der Waals surface area contributed by atoms with Gasteiger partial charge in [-0.15, -0.1) is 0 Å². The van der Waals surface area contributed by atoms with Crippen LogP contribution in [-0.2, 0) is 20.9 Å². The summed E-state index contributed by atoms with van der Waals surface area (Å²) in [5, 5.41) is 1.06. The van der Waals surface area contributed by atoms with Crippen LogP contribution in [0.3, 0.4) is 0 Å².